The maximum absolute atomic E-state index is 13.3. The zero-order valence-corrected chi connectivity index (χ0v) is 16.1. The number of hydrogen-bond acceptors (Lipinski definition) is 6. The number of nitrogens with one attached hydrogen (secondary N) is 1. The molecule has 2 amide bonds. The fourth-order valence-corrected chi connectivity index (χ4v) is 3.14. The van der Waals surface area contributed by atoms with Crippen LogP contribution in [-0.4, -0.2) is 28.5 Å². The van der Waals surface area contributed by atoms with E-state index in [1.807, 2.05) is 18.2 Å². The van der Waals surface area contributed by atoms with E-state index in [0.717, 1.165) is 0 Å². The summed E-state index contributed by atoms with van der Waals surface area (Å²) in [5, 5.41) is 6.67. The second-order valence-electron chi connectivity index (χ2n) is 6.87. The summed E-state index contributed by atoms with van der Waals surface area (Å²) in [7, 11) is 0. The molecule has 1 aliphatic heterocycles. The number of aryl methyl sites for hydroxylation is 1. The Kier molecular flexibility index (Phi) is 4.99. The number of amides is 2. The summed E-state index contributed by atoms with van der Waals surface area (Å²) in [4.78, 5) is 31.3. The Hall–Kier alpha value is -3.68. The van der Waals surface area contributed by atoms with Crippen molar-refractivity contribution in [2.24, 2.45) is 5.92 Å². The quantitative estimate of drug-likeness (QED) is 0.732. The minimum atomic E-state index is -0.340. The molecule has 8 heteroatoms. The normalized spacial score (nSPS) is 16.0. The van der Waals surface area contributed by atoms with Gasteiger partial charge in [0.2, 0.25) is 17.6 Å². The van der Waals surface area contributed by atoms with Gasteiger partial charge in [0.15, 0.2) is 6.61 Å². The Morgan fingerprint density at radius 3 is 2.90 bits per heavy atom. The Balaban J connectivity index is 1.58. The third kappa shape index (κ3) is 3.96. The van der Waals surface area contributed by atoms with Gasteiger partial charge in [-0.3, -0.25) is 9.59 Å². The Morgan fingerprint density at radius 1 is 1.28 bits per heavy atom. The van der Waals surface area contributed by atoms with Crippen LogP contribution in [0.2, 0.25) is 0 Å². The predicted octanol–water partition coefficient (Wildman–Crippen LogP) is 3.19. The SMILES string of the molecule is Cc1nc(COc2cccc(C(=O)N3CC(C)C(=O)Nc4ccccc43)c2)no1. The van der Waals surface area contributed by atoms with Gasteiger partial charge in [0, 0.05) is 19.0 Å². The zero-order chi connectivity index (χ0) is 20.4. The molecule has 0 spiro atoms. The van der Waals surface area contributed by atoms with E-state index in [0.29, 0.717) is 34.4 Å². The minimum absolute atomic E-state index is 0.111. The maximum atomic E-state index is 13.3. The molecule has 0 radical (unpaired) electrons. The van der Waals surface area contributed by atoms with Crippen LogP contribution in [0.15, 0.2) is 53.1 Å². The fourth-order valence-electron chi connectivity index (χ4n) is 3.14. The lowest BCUT2D eigenvalue weighted by Crippen LogP contribution is -2.35. The summed E-state index contributed by atoms with van der Waals surface area (Å²) >= 11 is 0. The molecule has 0 saturated carbocycles. The molecule has 29 heavy (non-hydrogen) atoms. The highest BCUT2D eigenvalue weighted by molar-refractivity contribution is 6.11. The molecule has 4 rings (SSSR count). The van der Waals surface area contributed by atoms with Crippen LogP contribution in [0.25, 0.3) is 0 Å². The molecule has 0 bridgehead atoms. The summed E-state index contributed by atoms with van der Waals surface area (Å²) in [6.45, 7) is 3.93. The van der Waals surface area contributed by atoms with E-state index in [9.17, 15) is 9.59 Å². The van der Waals surface area contributed by atoms with Gasteiger partial charge in [-0.25, -0.2) is 0 Å². The first-order valence-corrected chi connectivity index (χ1v) is 9.25. The van der Waals surface area contributed by atoms with Gasteiger partial charge in [-0.05, 0) is 30.3 Å². The number of rotatable bonds is 4. The third-order valence-electron chi connectivity index (χ3n) is 4.62. The van der Waals surface area contributed by atoms with Crippen molar-refractivity contribution in [1.29, 1.82) is 0 Å². The number of carbonyl (C=O) groups is 2. The molecule has 1 aromatic heterocycles. The van der Waals surface area contributed by atoms with Crippen molar-refractivity contribution in [1.82, 2.24) is 10.1 Å². The molecular formula is C21H20N4O4. The van der Waals surface area contributed by atoms with Crippen LogP contribution in [-0.2, 0) is 11.4 Å². The third-order valence-corrected chi connectivity index (χ3v) is 4.62. The van der Waals surface area contributed by atoms with E-state index in [2.05, 4.69) is 15.5 Å². The first-order valence-electron chi connectivity index (χ1n) is 9.25. The number of fused-ring (bicyclic) bond motifs is 1. The number of para-hydroxylation sites is 2. The highest BCUT2D eigenvalue weighted by Gasteiger charge is 2.29. The van der Waals surface area contributed by atoms with Crippen LogP contribution < -0.4 is 15.0 Å². The van der Waals surface area contributed by atoms with Crippen LogP contribution in [0.4, 0.5) is 11.4 Å². The summed E-state index contributed by atoms with van der Waals surface area (Å²) in [5.74, 6) is 0.751. The summed E-state index contributed by atoms with van der Waals surface area (Å²) in [5.41, 5.74) is 1.75. The second kappa shape index (κ2) is 7.75. The molecule has 3 aromatic rings. The van der Waals surface area contributed by atoms with Crippen molar-refractivity contribution in [2.75, 3.05) is 16.8 Å². The number of anilines is 2. The number of benzene rings is 2. The van der Waals surface area contributed by atoms with Crippen LogP contribution in [0.5, 0.6) is 5.75 Å². The lowest BCUT2D eigenvalue weighted by molar-refractivity contribution is -0.119. The van der Waals surface area contributed by atoms with Gasteiger partial charge in [-0.15, -0.1) is 0 Å². The molecule has 0 fully saturated rings. The van der Waals surface area contributed by atoms with E-state index < -0.39 is 0 Å². The number of carbonyl (C=O) groups excluding carboxylic acids is 2. The van der Waals surface area contributed by atoms with Crippen LogP contribution in [0.1, 0.15) is 29.0 Å². The monoisotopic (exact) mass is 392 g/mol. The number of aromatic nitrogens is 2. The van der Waals surface area contributed by atoms with Gasteiger partial charge >= 0.3 is 0 Å². The van der Waals surface area contributed by atoms with Crippen LogP contribution in [0.3, 0.4) is 0 Å². The average molecular weight is 392 g/mol. The van der Waals surface area contributed by atoms with E-state index in [4.69, 9.17) is 9.26 Å². The van der Waals surface area contributed by atoms with Gasteiger partial charge < -0.3 is 19.5 Å². The molecule has 0 saturated heterocycles. The lowest BCUT2D eigenvalue weighted by atomic mass is 10.1. The Labute approximate surface area is 167 Å². The molecule has 0 aliphatic carbocycles. The van der Waals surface area contributed by atoms with Gasteiger partial charge in [0.1, 0.15) is 5.75 Å². The predicted molar refractivity (Wildman–Crippen MR) is 106 cm³/mol. The van der Waals surface area contributed by atoms with E-state index in [1.54, 1.807) is 49.1 Å². The smallest absolute Gasteiger partial charge is 0.258 e. The molecule has 148 valence electrons. The number of ether oxygens (including phenoxy) is 1. The van der Waals surface area contributed by atoms with Crippen LogP contribution >= 0.6 is 0 Å². The first-order chi connectivity index (χ1) is 14.0. The molecule has 1 N–H and O–H groups in total. The Bertz CT molecular complexity index is 1060. The lowest BCUT2D eigenvalue weighted by Gasteiger charge is -2.23. The number of hydrogen-bond donors (Lipinski definition) is 1. The minimum Gasteiger partial charge on any atom is -0.485 e. The summed E-state index contributed by atoms with van der Waals surface area (Å²) in [6.07, 6.45) is 0. The molecule has 2 aromatic carbocycles. The molecule has 1 atom stereocenters. The van der Waals surface area contributed by atoms with Crippen molar-refractivity contribution < 1.29 is 18.8 Å². The Morgan fingerprint density at radius 2 is 2.10 bits per heavy atom. The van der Waals surface area contributed by atoms with Gasteiger partial charge in [-0.1, -0.05) is 30.3 Å². The van der Waals surface area contributed by atoms with Gasteiger partial charge in [-0.2, -0.15) is 4.98 Å². The van der Waals surface area contributed by atoms with Crippen molar-refractivity contribution in [2.45, 2.75) is 20.5 Å². The molecule has 1 aliphatic rings. The van der Waals surface area contributed by atoms with Crippen molar-refractivity contribution in [3.05, 3.63) is 65.8 Å². The average Bonchev–Trinajstić information content (AvgIpc) is 3.10. The standard InChI is InChI=1S/C21H20N4O4/c1-13-11-25(18-9-4-3-8-17(18)23-20(13)26)21(27)15-6-5-7-16(10-15)28-12-19-22-14(2)29-24-19/h3-10,13H,11-12H2,1-2H3,(H,23,26). The highest BCUT2D eigenvalue weighted by Crippen LogP contribution is 2.31. The van der Waals surface area contributed by atoms with Crippen molar-refractivity contribution in [3.63, 3.8) is 0 Å². The molecular weight excluding hydrogens is 372 g/mol. The maximum Gasteiger partial charge on any atom is 0.258 e. The van der Waals surface area contributed by atoms with E-state index in [1.165, 1.54) is 0 Å². The van der Waals surface area contributed by atoms with Crippen molar-refractivity contribution in [3.8, 4) is 5.75 Å². The first kappa shape index (κ1) is 18.7. The summed E-state index contributed by atoms with van der Waals surface area (Å²) < 4.78 is 10.6. The highest BCUT2D eigenvalue weighted by atomic mass is 16.5. The van der Waals surface area contributed by atoms with Crippen LogP contribution in [0, 0.1) is 12.8 Å². The number of nitrogens with zero attached hydrogens (tertiary/aromatic N) is 3. The van der Waals surface area contributed by atoms with E-state index >= 15 is 0 Å². The fraction of sp³-hybridized carbons (Fsp3) is 0.238. The van der Waals surface area contributed by atoms with Gasteiger partial charge in [0.25, 0.3) is 5.91 Å². The van der Waals surface area contributed by atoms with E-state index in [-0.39, 0.29) is 30.9 Å². The van der Waals surface area contributed by atoms with Crippen molar-refractivity contribution >= 4 is 23.2 Å². The largest absolute Gasteiger partial charge is 0.485 e. The second-order valence-corrected chi connectivity index (χ2v) is 6.87. The molecule has 2 heterocycles. The molecule has 1 unspecified atom stereocenters. The molecule has 8 nitrogen and oxygen atoms in total. The van der Waals surface area contributed by atoms with Gasteiger partial charge in [0.05, 0.1) is 17.3 Å². The topological polar surface area (TPSA) is 97.6 Å². The summed E-state index contributed by atoms with van der Waals surface area (Å²) in [6, 6.07) is 14.2. The zero-order valence-electron chi connectivity index (χ0n) is 16.1.